The minimum atomic E-state index is -3.01. The minimum absolute atomic E-state index is 0.248. The van der Waals surface area contributed by atoms with E-state index < -0.39 is 14.6 Å². The van der Waals surface area contributed by atoms with Crippen molar-refractivity contribution in [2.75, 3.05) is 23.7 Å². The van der Waals surface area contributed by atoms with Crippen molar-refractivity contribution < 1.29 is 8.42 Å². The Morgan fingerprint density at radius 2 is 1.80 bits per heavy atom. The molecule has 1 saturated heterocycles. The largest absolute Gasteiger partial charge is 0.338 e. The maximum absolute atomic E-state index is 12.8. The lowest BCUT2D eigenvalue weighted by atomic mass is 9.87. The van der Waals surface area contributed by atoms with Crippen molar-refractivity contribution in [3.05, 3.63) is 5.82 Å². The van der Waals surface area contributed by atoms with Gasteiger partial charge < -0.3 is 9.47 Å². The van der Waals surface area contributed by atoms with Crippen LogP contribution in [0.3, 0.4) is 0 Å². The van der Waals surface area contributed by atoms with Gasteiger partial charge in [0.2, 0.25) is 5.95 Å². The molecule has 1 aromatic heterocycles. The molecule has 3 fully saturated rings. The lowest BCUT2D eigenvalue weighted by Crippen LogP contribution is -2.57. The smallest absolute Gasteiger partial charge is 0.227 e. The molecule has 0 N–H and O–H groups in total. The van der Waals surface area contributed by atoms with Crippen LogP contribution in [0, 0.1) is 5.92 Å². The first-order chi connectivity index (χ1) is 12.0. The van der Waals surface area contributed by atoms with Gasteiger partial charge in [0.15, 0.2) is 9.84 Å². The summed E-state index contributed by atoms with van der Waals surface area (Å²) in [5.74, 6) is 2.89. The number of hydrogen-bond acceptors (Lipinski definition) is 5. The lowest BCUT2D eigenvalue weighted by molar-refractivity contribution is 0.361. The molecule has 4 rings (SSSR count). The summed E-state index contributed by atoms with van der Waals surface area (Å²) in [5.41, 5.74) is 0. The lowest BCUT2D eigenvalue weighted by Gasteiger charge is -2.44. The Kier molecular flexibility index (Phi) is 4.54. The predicted molar refractivity (Wildman–Crippen MR) is 98.5 cm³/mol. The van der Waals surface area contributed by atoms with Gasteiger partial charge in [0.1, 0.15) is 5.82 Å². The fourth-order valence-corrected chi connectivity index (χ4v) is 7.24. The third-order valence-corrected chi connectivity index (χ3v) is 9.28. The summed E-state index contributed by atoms with van der Waals surface area (Å²) in [6, 6.07) is 0. The summed E-state index contributed by atoms with van der Waals surface area (Å²) in [4.78, 5) is 2.18. The van der Waals surface area contributed by atoms with Gasteiger partial charge >= 0.3 is 0 Å². The van der Waals surface area contributed by atoms with Crippen LogP contribution in [0.15, 0.2) is 0 Å². The number of nitrogens with zero attached hydrogens (tertiary/aromatic N) is 4. The Bertz CT molecular complexity index is 715. The molecule has 6 nitrogen and oxygen atoms in total. The van der Waals surface area contributed by atoms with E-state index in [0.29, 0.717) is 13.1 Å². The molecular formula is C18H30N4O2S. The Labute approximate surface area is 150 Å². The highest BCUT2D eigenvalue weighted by Gasteiger charge is 2.49. The fraction of sp³-hybridized carbons (Fsp3) is 0.889. The second kappa shape index (κ2) is 6.56. The SMILES string of the molecule is Cn1c(CC2CCCC2)nnc1N1CCS(=O)(=O)C2(CCCCC2)C1. The van der Waals surface area contributed by atoms with Crippen LogP contribution in [-0.4, -0.2) is 46.8 Å². The van der Waals surface area contributed by atoms with Crippen molar-refractivity contribution >= 4 is 15.8 Å². The summed E-state index contributed by atoms with van der Waals surface area (Å²) < 4.78 is 27.1. The van der Waals surface area contributed by atoms with E-state index in [0.717, 1.165) is 56.2 Å². The van der Waals surface area contributed by atoms with Crippen molar-refractivity contribution in [3.8, 4) is 0 Å². The second-order valence-electron chi connectivity index (χ2n) is 8.31. The molecule has 0 radical (unpaired) electrons. The molecule has 25 heavy (non-hydrogen) atoms. The number of anilines is 1. The summed E-state index contributed by atoms with van der Waals surface area (Å²) in [5, 5.41) is 8.90. The van der Waals surface area contributed by atoms with Gasteiger partial charge in [-0.2, -0.15) is 0 Å². The molecule has 0 aromatic carbocycles. The first kappa shape index (κ1) is 17.3. The van der Waals surface area contributed by atoms with E-state index in [1.165, 1.54) is 25.7 Å². The zero-order chi connectivity index (χ0) is 17.5. The maximum atomic E-state index is 12.8. The Morgan fingerprint density at radius 1 is 1.08 bits per heavy atom. The fourth-order valence-electron chi connectivity index (χ4n) is 5.09. The summed E-state index contributed by atoms with van der Waals surface area (Å²) in [6.07, 6.45) is 11.1. The standard InChI is InChI=1S/C18H30N4O2S/c1-21-16(13-15-7-3-4-8-15)19-20-17(21)22-11-12-25(23,24)18(14-22)9-5-2-6-10-18/h15H,2-14H2,1H3. The minimum Gasteiger partial charge on any atom is -0.338 e. The number of sulfone groups is 1. The van der Waals surface area contributed by atoms with Crippen LogP contribution in [-0.2, 0) is 23.3 Å². The van der Waals surface area contributed by atoms with Gasteiger partial charge in [0.05, 0.1) is 10.5 Å². The average Bonchev–Trinajstić information content (AvgIpc) is 3.23. The summed E-state index contributed by atoms with van der Waals surface area (Å²) in [7, 11) is -0.973. The molecule has 2 aliphatic carbocycles. The maximum Gasteiger partial charge on any atom is 0.227 e. The average molecular weight is 367 g/mol. The third kappa shape index (κ3) is 3.09. The van der Waals surface area contributed by atoms with E-state index in [1.54, 1.807) is 0 Å². The molecule has 1 aliphatic heterocycles. The van der Waals surface area contributed by atoms with E-state index in [-0.39, 0.29) is 5.75 Å². The van der Waals surface area contributed by atoms with Gasteiger partial charge in [-0.25, -0.2) is 8.42 Å². The van der Waals surface area contributed by atoms with E-state index in [9.17, 15) is 8.42 Å². The molecule has 0 amide bonds. The number of rotatable bonds is 3. The van der Waals surface area contributed by atoms with Crippen LogP contribution < -0.4 is 4.90 Å². The predicted octanol–water partition coefficient (Wildman–Crippen LogP) is 2.49. The van der Waals surface area contributed by atoms with Gasteiger partial charge in [-0.1, -0.05) is 44.9 Å². The van der Waals surface area contributed by atoms with E-state index in [4.69, 9.17) is 0 Å². The Hall–Kier alpha value is -1.11. The van der Waals surface area contributed by atoms with Gasteiger partial charge in [-0.05, 0) is 18.8 Å². The van der Waals surface area contributed by atoms with Crippen molar-refractivity contribution in [2.45, 2.75) is 69.0 Å². The van der Waals surface area contributed by atoms with Crippen LogP contribution in [0.25, 0.3) is 0 Å². The Balaban J connectivity index is 1.55. The van der Waals surface area contributed by atoms with Crippen LogP contribution in [0.5, 0.6) is 0 Å². The van der Waals surface area contributed by atoms with Gasteiger partial charge in [0.25, 0.3) is 0 Å². The van der Waals surface area contributed by atoms with Gasteiger partial charge in [-0.3, -0.25) is 0 Å². The molecule has 0 unspecified atom stereocenters. The molecule has 2 heterocycles. The van der Waals surface area contributed by atoms with Crippen molar-refractivity contribution in [1.29, 1.82) is 0 Å². The van der Waals surface area contributed by atoms with Gasteiger partial charge in [0, 0.05) is 26.6 Å². The monoisotopic (exact) mass is 366 g/mol. The van der Waals surface area contributed by atoms with E-state index >= 15 is 0 Å². The van der Waals surface area contributed by atoms with Crippen molar-refractivity contribution in [1.82, 2.24) is 14.8 Å². The molecule has 2 saturated carbocycles. The number of hydrogen-bond donors (Lipinski definition) is 0. The molecule has 140 valence electrons. The molecule has 0 bridgehead atoms. The van der Waals surface area contributed by atoms with Gasteiger partial charge in [-0.15, -0.1) is 10.2 Å². The highest BCUT2D eigenvalue weighted by Crippen LogP contribution is 2.39. The van der Waals surface area contributed by atoms with Crippen LogP contribution in [0.1, 0.15) is 63.6 Å². The van der Waals surface area contributed by atoms with E-state index in [1.807, 2.05) is 7.05 Å². The van der Waals surface area contributed by atoms with Crippen molar-refractivity contribution in [3.63, 3.8) is 0 Å². The second-order valence-corrected chi connectivity index (χ2v) is 10.8. The molecule has 3 aliphatic rings. The molecular weight excluding hydrogens is 336 g/mol. The molecule has 0 atom stereocenters. The molecule has 1 aromatic rings. The topological polar surface area (TPSA) is 68.1 Å². The highest BCUT2D eigenvalue weighted by molar-refractivity contribution is 7.92. The first-order valence-electron chi connectivity index (χ1n) is 9.86. The first-order valence-corrected chi connectivity index (χ1v) is 11.5. The van der Waals surface area contributed by atoms with E-state index in [2.05, 4.69) is 19.7 Å². The zero-order valence-corrected chi connectivity index (χ0v) is 16.1. The third-order valence-electron chi connectivity index (χ3n) is 6.70. The quantitative estimate of drug-likeness (QED) is 0.822. The van der Waals surface area contributed by atoms with Crippen LogP contribution in [0.4, 0.5) is 5.95 Å². The van der Waals surface area contributed by atoms with Crippen LogP contribution >= 0.6 is 0 Å². The summed E-state index contributed by atoms with van der Waals surface area (Å²) >= 11 is 0. The van der Waals surface area contributed by atoms with Crippen LogP contribution in [0.2, 0.25) is 0 Å². The normalized spacial score (nSPS) is 26.4. The summed E-state index contributed by atoms with van der Waals surface area (Å²) in [6.45, 7) is 1.13. The zero-order valence-electron chi connectivity index (χ0n) is 15.3. The highest BCUT2D eigenvalue weighted by atomic mass is 32.2. The number of aromatic nitrogens is 3. The molecule has 7 heteroatoms. The molecule has 1 spiro atoms. The Morgan fingerprint density at radius 3 is 2.52 bits per heavy atom. The van der Waals surface area contributed by atoms with Crippen molar-refractivity contribution in [2.24, 2.45) is 13.0 Å².